The minimum atomic E-state index is -0.163. The summed E-state index contributed by atoms with van der Waals surface area (Å²) in [6.45, 7) is 3.16. The van der Waals surface area contributed by atoms with E-state index in [1.54, 1.807) is 0 Å². The van der Waals surface area contributed by atoms with Gasteiger partial charge in [-0.2, -0.15) is 0 Å². The van der Waals surface area contributed by atoms with E-state index in [0.717, 1.165) is 22.9 Å². The number of phenols is 1. The molecule has 28 heavy (non-hydrogen) atoms. The number of fused-ring (bicyclic) bond motifs is 3. The van der Waals surface area contributed by atoms with Crippen molar-refractivity contribution in [2.45, 2.75) is 12.8 Å². The number of rotatable bonds is 4. The van der Waals surface area contributed by atoms with Gasteiger partial charge in [-0.05, 0) is 42.6 Å². The molecule has 4 aromatic rings. The van der Waals surface area contributed by atoms with Gasteiger partial charge in [0.15, 0.2) is 0 Å². The van der Waals surface area contributed by atoms with Gasteiger partial charge in [0.25, 0.3) is 5.56 Å². The lowest BCUT2D eigenvalue weighted by atomic mass is 9.94. The second-order valence-electron chi connectivity index (χ2n) is 7.41. The van der Waals surface area contributed by atoms with Crippen LogP contribution in [0.2, 0.25) is 5.02 Å². The predicted molar refractivity (Wildman–Crippen MR) is 119 cm³/mol. The Labute approximate surface area is 172 Å². The van der Waals surface area contributed by atoms with E-state index in [1.165, 1.54) is 23.0 Å². The van der Waals surface area contributed by atoms with Crippen molar-refractivity contribution in [2.24, 2.45) is 0 Å². The maximum atomic E-state index is 12.4. The van der Waals surface area contributed by atoms with Crippen LogP contribution in [-0.2, 0) is 0 Å². The first-order valence-electron chi connectivity index (χ1n) is 9.06. The molecule has 0 fully saturated rings. The molecule has 144 valence electrons. The van der Waals surface area contributed by atoms with Crippen LogP contribution in [0.1, 0.15) is 18.4 Å². The zero-order valence-corrected chi connectivity index (χ0v) is 17.5. The Kier molecular flexibility index (Phi) is 4.91. The van der Waals surface area contributed by atoms with E-state index in [2.05, 4.69) is 43.0 Å². The van der Waals surface area contributed by atoms with Gasteiger partial charge in [0.1, 0.15) is 10.4 Å². The van der Waals surface area contributed by atoms with Crippen LogP contribution in [0.25, 0.3) is 32.1 Å². The van der Waals surface area contributed by atoms with E-state index in [1.807, 2.05) is 23.6 Å². The first-order valence-corrected chi connectivity index (χ1v) is 10.3. The van der Waals surface area contributed by atoms with E-state index in [9.17, 15) is 9.90 Å². The quantitative estimate of drug-likeness (QED) is 0.469. The average Bonchev–Trinajstić information content (AvgIpc) is 3.13. The zero-order valence-electron chi connectivity index (χ0n) is 15.9. The van der Waals surface area contributed by atoms with E-state index in [0.29, 0.717) is 26.7 Å². The van der Waals surface area contributed by atoms with Crippen molar-refractivity contribution in [1.29, 1.82) is 0 Å². The van der Waals surface area contributed by atoms with Crippen LogP contribution in [0.4, 0.5) is 0 Å². The summed E-state index contributed by atoms with van der Waals surface area (Å²) < 4.78 is 0.631. The molecule has 0 saturated heterocycles. The number of aromatic amines is 1. The summed E-state index contributed by atoms with van der Waals surface area (Å²) >= 11 is 7.73. The fraction of sp³-hybridized carbons (Fsp3) is 0.227. The number of hydrogen-bond donors (Lipinski definition) is 2. The number of pyridine rings is 1. The van der Waals surface area contributed by atoms with Crippen LogP contribution in [0.5, 0.6) is 5.75 Å². The van der Waals surface area contributed by atoms with Crippen molar-refractivity contribution in [1.82, 2.24) is 9.88 Å². The lowest BCUT2D eigenvalue weighted by molar-refractivity contribution is 0.383. The number of thiophene rings is 1. The van der Waals surface area contributed by atoms with Crippen molar-refractivity contribution in [3.8, 4) is 16.9 Å². The first-order chi connectivity index (χ1) is 13.4. The van der Waals surface area contributed by atoms with E-state index in [4.69, 9.17) is 11.6 Å². The summed E-state index contributed by atoms with van der Waals surface area (Å²) in [4.78, 5) is 17.4. The van der Waals surface area contributed by atoms with Crippen LogP contribution >= 0.6 is 22.9 Å². The highest BCUT2D eigenvalue weighted by molar-refractivity contribution is 7.17. The number of aromatic nitrogens is 1. The van der Waals surface area contributed by atoms with Gasteiger partial charge in [0.05, 0.1) is 10.5 Å². The van der Waals surface area contributed by atoms with Gasteiger partial charge >= 0.3 is 0 Å². The largest absolute Gasteiger partial charge is 0.507 e. The lowest BCUT2D eigenvalue weighted by Gasteiger charge is -2.18. The van der Waals surface area contributed by atoms with Gasteiger partial charge in [-0.25, -0.2) is 0 Å². The van der Waals surface area contributed by atoms with Crippen LogP contribution in [0.15, 0.2) is 46.6 Å². The highest BCUT2D eigenvalue weighted by atomic mass is 35.5. The van der Waals surface area contributed by atoms with Crippen molar-refractivity contribution in [3.05, 3.63) is 62.7 Å². The molecule has 0 saturated carbocycles. The number of phenolic OH excluding ortho intramolecular Hbond substituents is 1. The summed E-state index contributed by atoms with van der Waals surface area (Å²) in [5, 5.41) is 14.5. The maximum Gasteiger partial charge on any atom is 0.266 e. The highest BCUT2D eigenvalue weighted by Gasteiger charge is 2.18. The monoisotopic (exact) mass is 412 g/mol. The van der Waals surface area contributed by atoms with Gasteiger partial charge in [-0.1, -0.05) is 42.8 Å². The molecule has 0 radical (unpaired) electrons. The number of halogens is 1. The van der Waals surface area contributed by atoms with Gasteiger partial charge in [-0.15, -0.1) is 11.3 Å². The van der Waals surface area contributed by atoms with E-state index < -0.39 is 0 Å². The summed E-state index contributed by atoms with van der Waals surface area (Å²) in [5.41, 5.74) is 3.20. The number of likely N-dealkylation sites (N-methyl/N-ethyl adjacent to an activating group) is 1. The third-order valence-corrected chi connectivity index (χ3v) is 6.26. The van der Waals surface area contributed by atoms with Gasteiger partial charge in [0.2, 0.25) is 0 Å². The minimum Gasteiger partial charge on any atom is -0.507 e. The molecule has 6 heteroatoms. The van der Waals surface area contributed by atoms with Crippen LogP contribution in [0.3, 0.4) is 0 Å². The normalized spacial score (nSPS) is 12.9. The number of nitrogens with zero attached hydrogens (tertiary/aromatic N) is 1. The number of benzene rings is 2. The molecule has 0 amide bonds. The summed E-state index contributed by atoms with van der Waals surface area (Å²) in [6, 6.07) is 11.6. The molecule has 0 aliphatic carbocycles. The minimum absolute atomic E-state index is 0.103. The smallest absolute Gasteiger partial charge is 0.266 e. The van der Waals surface area contributed by atoms with Gasteiger partial charge in [-0.3, -0.25) is 4.79 Å². The second kappa shape index (κ2) is 7.24. The highest BCUT2D eigenvalue weighted by Crippen LogP contribution is 2.42. The summed E-state index contributed by atoms with van der Waals surface area (Å²) in [5.74, 6) is 0.505. The number of hydrogen-bond acceptors (Lipinski definition) is 4. The maximum absolute atomic E-state index is 12.4. The summed E-state index contributed by atoms with van der Waals surface area (Å²) in [7, 11) is 4.13. The lowest BCUT2D eigenvalue weighted by Crippen LogP contribution is -2.18. The number of nitrogens with one attached hydrogen (secondary N) is 1. The Morgan fingerprint density at radius 2 is 1.93 bits per heavy atom. The van der Waals surface area contributed by atoms with Gasteiger partial charge in [0, 0.05) is 28.9 Å². The summed E-state index contributed by atoms with van der Waals surface area (Å²) in [6.07, 6.45) is 0. The third kappa shape index (κ3) is 3.20. The van der Waals surface area contributed by atoms with Gasteiger partial charge < -0.3 is 15.0 Å². The SMILES string of the molecule is C[C@H](CN(C)C)c1ccc(-c2c(O)cc(Cl)c3[nH]c(=O)c4sccc4c23)cc1. The van der Waals surface area contributed by atoms with Crippen molar-refractivity contribution >= 4 is 43.9 Å². The molecule has 2 N–H and O–H groups in total. The molecule has 0 aliphatic heterocycles. The number of aromatic hydroxyl groups is 1. The van der Waals surface area contributed by atoms with Crippen molar-refractivity contribution in [3.63, 3.8) is 0 Å². The first kappa shape index (κ1) is 19.0. The zero-order chi connectivity index (χ0) is 20.0. The van der Waals surface area contributed by atoms with Crippen molar-refractivity contribution in [2.75, 3.05) is 20.6 Å². The fourth-order valence-corrected chi connectivity index (χ4v) is 4.84. The Morgan fingerprint density at radius 1 is 1.21 bits per heavy atom. The third-order valence-electron chi connectivity index (χ3n) is 5.05. The fourth-order valence-electron chi connectivity index (χ4n) is 3.80. The van der Waals surface area contributed by atoms with E-state index in [-0.39, 0.29) is 11.3 Å². The molecule has 0 unspecified atom stereocenters. The molecule has 4 nitrogen and oxygen atoms in total. The van der Waals surface area contributed by atoms with Crippen LogP contribution in [0, 0.1) is 0 Å². The Balaban J connectivity index is 1.94. The van der Waals surface area contributed by atoms with Crippen LogP contribution in [-0.4, -0.2) is 35.6 Å². The van der Waals surface area contributed by atoms with Crippen molar-refractivity contribution < 1.29 is 5.11 Å². The Hall–Kier alpha value is -2.34. The topological polar surface area (TPSA) is 56.3 Å². The molecular formula is C22H21ClN2O2S. The average molecular weight is 413 g/mol. The molecule has 2 aromatic heterocycles. The van der Waals surface area contributed by atoms with Crippen LogP contribution < -0.4 is 5.56 Å². The predicted octanol–water partition coefficient (Wildman–Crippen LogP) is 5.43. The number of H-pyrrole nitrogens is 1. The molecule has 4 rings (SSSR count). The second-order valence-corrected chi connectivity index (χ2v) is 8.73. The standard InChI is InChI=1S/C22H21ClN2O2S/c1-12(11-25(2)3)13-4-6-14(7-5-13)18-17(26)10-16(23)20-19(18)15-8-9-28-21(15)22(27)24-20/h4-10,12,26H,11H2,1-3H3,(H,24,27)/t12-/m1/s1. The molecule has 2 aromatic carbocycles. The molecule has 0 aliphatic rings. The van der Waals surface area contributed by atoms with E-state index >= 15 is 0 Å². The Bertz CT molecular complexity index is 1230. The molecule has 0 bridgehead atoms. The Morgan fingerprint density at radius 3 is 2.61 bits per heavy atom. The molecule has 1 atom stereocenters. The molecule has 0 spiro atoms. The molecular weight excluding hydrogens is 392 g/mol. The molecule has 2 heterocycles.